The van der Waals surface area contributed by atoms with Gasteiger partial charge >= 0.3 is 0 Å². The van der Waals surface area contributed by atoms with Crippen LogP contribution in [0.1, 0.15) is 35.2 Å². The molecule has 8 nitrogen and oxygen atoms in total. The van der Waals surface area contributed by atoms with Gasteiger partial charge in [0, 0.05) is 24.3 Å². The van der Waals surface area contributed by atoms with Gasteiger partial charge in [-0.25, -0.2) is 21.2 Å². The summed E-state index contributed by atoms with van der Waals surface area (Å²) in [6, 6.07) is 7.82. The SMILES string of the molecule is Cc1ccc(S(=O)(=O)N2CCCCC2)cc1C(=O)Nc1ccc(F)c(NS(C)(=O)=O)c1. The lowest BCUT2D eigenvalue weighted by Crippen LogP contribution is -2.35. The highest BCUT2D eigenvalue weighted by atomic mass is 32.2. The third kappa shape index (κ3) is 5.60. The van der Waals surface area contributed by atoms with Crippen LogP contribution in [-0.2, 0) is 20.0 Å². The van der Waals surface area contributed by atoms with Gasteiger partial charge in [-0.15, -0.1) is 0 Å². The predicted octanol–water partition coefficient (Wildman–Crippen LogP) is 2.93. The van der Waals surface area contributed by atoms with Crippen LogP contribution in [0.5, 0.6) is 0 Å². The largest absolute Gasteiger partial charge is 0.322 e. The summed E-state index contributed by atoms with van der Waals surface area (Å²) >= 11 is 0. The van der Waals surface area contributed by atoms with E-state index >= 15 is 0 Å². The average molecular weight is 470 g/mol. The molecule has 1 amide bonds. The highest BCUT2D eigenvalue weighted by Gasteiger charge is 2.27. The first-order valence-electron chi connectivity index (χ1n) is 9.67. The molecule has 0 unspecified atom stereocenters. The van der Waals surface area contributed by atoms with Crippen molar-refractivity contribution in [3.63, 3.8) is 0 Å². The predicted molar refractivity (Wildman–Crippen MR) is 117 cm³/mol. The van der Waals surface area contributed by atoms with Crippen LogP contribution >= 0.6 is 0 Å². The lowest BCUT2D eigenvalue weighted by Gasteiger charge is -2.26. The van der Waals surface area contributed by atoms with Crippen molar-refractivity contribution in [2.75, 3.05) is 29.4 Å². The van der Waals surface area contributed by atoms with Crippen molar-refractivity contribution in [3.05, 3.63) is 53.3 Å². The van der Waals surface area contributed by atoms with Crippen LogP contribution in [0.3, 0.4) is 0 Å². The van der Waals surface area contributed by atoms with Crippen LogP contribution in [-0.4, -0.2) is 46.4 Å². The first-order chi connectivity index (χ1) is 14.5. The Morgan fingerprint density at radius 1 is 1.00 bits per heavy atom. The maximum absolute atomic E-state index is 13.9. The van der Waals surface area contributed by atoms with Crippen LogP contribution in [0.15, 0.2) is 41.3 Å². The smallest absolute Gasteiger partial charge is 0.255 e. The number of anilines is 2. The summed E-state index contributed by atoms with van der Waals surface area (Å²) in [7, 11) is -7.42. The molecule has 3 rings (SSSR count). The van der Waals surface area contributed by atoms with Crippen LogP contribution in [0.4, 0.5) is 15.8 Å². The molecule has 1 fully saturated rings. The highest BCUT2D eigenvalue weighted by molar-refractivity contribution is 7.92. The van der Waals surface area contributed by atoms with E-state index in [-0.39, 0.29) is 21.8 Å². The second-order valence-corrected chi connectivity index (χ2v) is 11.2. The van der Waals surface area contributed by atoms with Gasteiger partial charge in [-0.05, 0) is 55.7 Å². The molecule has 0 aromatic heterocycles. The molecule has 0 saturated carbocycles. The molecule has 0 aliphatic carbocycles. The fourth-order valence-corrected chi connectivity index (χ4v) is 5.44. The van der Waals surface area contributed by atoms with Gasteiger partial charge in [0.25, 0.3) is 5.91 Å². The number of hydrogen-bond acceptors (Lipinski definition) is 5. The second-order valence-electron chi connectivity index (χ2n) is 7.46. The van der Waals surface area contributed by atoms with Crippen LogP contribution in [0.25, 0.3) is 0 Å². The summed E-state index contributed by atoms with van der Waals surface area (Å²) in [6.45, 7) is 2.57. The van der Waals surface area contributed by atoms with Gasteiger partial charge < -0.3 is 5.32 Å². The molecule has 0 spiro atoms. The van der Waals surface area contributed by atoms with E-state index in [2.05, 4.69) is 5.32 Å². The maximum Gasteiger partial charge on any atom is 0.255 e. The molecule has 1 aliphatic heterocycles. The molecule has 2 N–H and O–H groups in total. The molecular weight excluding hydrogens is 445 g/mol. The van der Waals surface area contributed by atoms with Crippen molar-refractivity contribution in [3.8, 4) is 0 Å². The van der Waals surface area contributed by atoms with Crippen molar-refractivity contribution in [1.82, 2.24) is 4.31 Å². The van der Waals surface area contributed by atoms with Gasteiger partial charge in [0.05, 0.1) is 16.8 Å². The van der Waals surface area contributed by atoms with Crippen molar-refractivity contribution < 1.29 is 26.0 Å². The van der Waals surface area contributed by atoms with Gasteiger partial charge in [0.1, 0.15) is 5.82 Å². The van der Waals surface area contributed by atoms with E-state index in [1.165, 1.54) is 22.5 Å². The zero-order valence-electron chi connectivity index (χ0n) is 17.2. The molecule has 168 valence electrons. The van der Waals surface area contributed by atoms with E-state index in [4.69, 9.17) is 0 Å². The zero-order valence-corrected chi connectivity index (χ0v) is 18.8. The Morgan fingerprint density at radius 3 is 2.32 bits per heavy atom. The molecular formula is C20H24FN3O5S2. The van der Waals surface area contributed by atoms with Gasteiger partial charge in [0.15, 0.2) is 0 Å². The van der Waals surface area contributed by atoms with Crippen LogP contribution < -0.4 is 10.0 Å². The Labute approximate surface area is 181 Å². The number of rotatable bonds is 6. The van der Waals surface area contributed by atoms with E-state index in [9.17, 15) is 26.0 Å². The number of amides is 1. The van der Waals surface area contributed by atoms with Gasteiger partial charge in [0.2, 0.25) is 20.0 Å². The first kappa shape index (κ1) is 23.2. The summed E-state index contributed by atoms with van der Waals surface area (Å²) in [5.41, 5.74) is 0.561. The number of sulfonamides is 2. The summed E-state index contributed by atoms with van der Waals surface area (Å²) in [6.07, 6.45) is 3.47. The fraction of sp³-hybridized carbons (Fsp3) is 0.350. The van der Waals surface area contributed by atoms with E-state index in [1.54, 1.807) is 13.0 Å². The first-order valence-corrected chi connectivity index (χ1v) is 13.0. The number of carbonyl (C=O) groups excluding carboxylic acids is 1. The lowest BCUT2D eigenvalue weighted by atomic mass is 10.1. The molecule has 2 aromatic rings. The molecule has 11 heteroatoms. The Hall–Kier alpha value is -2.50. The van der Waals surface area contributed by atoms with E-state index in [0.29, 0.717) is 18.7 Å². The molecule has 1 saturated heterocycles. The number of carbonyl (C=O) groups is 1. The number of halogens is 1. The number of hydrogen-bond donors (Lipinski definition) is 2. The summed E-state index contributed by atoms with van der Waals surface area (Å²) in [5.74, 6) is -1.39. The number of nitrogens with zero attached hydrogens (tertiary/aromatic N) is 1. The molecule has 0 bridgehead atoms. The zero-order chi connectivity index (χ0) is 22.8. The third-order valence-electron chi connectivity index (χ3n) is 4.93. The molecule has 0 atom stereocenters. The minimum absolute atomic E-state index is 0.0312. The number of benzene rings is 2. The lowest BCUT2D eigenvalue weighted by molar-refractivity contribution is 0.102. The average Bonchev–Trinajstić information content (AvgIpc) is 2.70. The quantitative estimate of drug-likeness (QED) is 0.676. The highest BCUT2D eigenvalue weighted by Crippen LogP contribution is 2.25. The molecule has 1 heterocycles. The normalized spacial score (nSPS) is 15.5. The van der Waals surface area contributed by atoms with E-state index in [1.807, 2.05) is 4.72 Å². The molecule has 2 aromatic carbocycles. The monoisotopic (exact) mass is 469 g/mol. The Morgan fingerprint density at radius 2 is 1.68 bits per heavy atom. The van der Waals surface area contributed by atoms with Crippen molar-refractivity contribution in [1.29, 1.82) is 0 Å². The van der Waals surface area contributed by atoms with Crippen molar-refractivity contribution in [2.24, 2.45) is 0 Å². The van der Waals surface area contributed by atoms with E-state index < -0.39 is 31.8 Å². The maximum atomic E-state index is 13.9. The molecule has 0 radical (unpaired) electrons. The number of aryl methyl sites for hydroxylation is 1. The Bertz CT molecular complexity index is 1210. The summed E-state index contributed by atoms with van der Waals surface area (Å²) < 4.78 is 66.0. The van der Waals surface area contributed by atoms with Gasteiger partial charge in [-0.3, -0.25) is 9.52 Å². The van der Waals surface area contributed by atoms with Crippen molar-refractivity contribution in [2.45, 2.75) is 31.1 Å². The fourth-order valence-electron chi connectivity index (χ4n) is 3.34. The van der Waals surface area contributed by atoms with Crippen LogP contribution in [0.2, 0.25) is 0 Å². The van der Waals surface area contributed by atoms with Gasteiger partial charge in [-0.2, -0.15) is 4.31 Å². The molecule has 1 aliphatic rings. The minimum atomic E-state index is -3.71. The topological polar surface area (TPSA) is 113 Å². The Balaban J connectivity index is 1.87. The Kier molecular flexibility index (Phi) is 6.68. The van der Waals surface area contributed by atoms with E-state index in [0.717, 1.165) is 37.7 Å². The second kappa shape index (κ2) is 8.93. The standard InChI is InChI=1S/C20H24FN3O5S2/c1-14-6-8-16(31(28,29)24-10-4-3-5-11-24)13-17(14)20(25)22-15-7-9-18(21)19(12-15)23-30(2,26)27/h6-9,12-13,23H,3-5,10-11H2,1-2H3,(H,22,25). The molecule has 31 heavy (non-hydrogen) atoms. The summed E-state index contributed by atoms with van der Waals surface area (Å²) in [5, 5.41) is 2.56. The van der Waals surface area contributed by atoms with Crippen LogP contribution in [0, 0.1) is 12.7 Å². The minimum Gasteiger partial charge on any atom is -0.322 e. The summed E-state index contributed by atoms with van der Waals surface area (Å²) in [4.78, 5) is 12.9. The third-order valence-corrected chi connectivity index (χ3v) is 7.41. The van der Waals surface area contributed by atoms with Gasteiger partial charge in [-0.1, -0.05) is 12.5 Å². The number of piperidine rings is 1. The van der Waals surface area contributed by atoms with Crippen molar-refractivity contribution >= 4 is 37.3 Å². The number of nitrogens with one attached hydrogen (secondary N) is 2.